The van der Waals surface area contributed by atoms with E-state index >= 15 is 0 Å². The summed E-state index contributed by atoms with van der Waals surface area (Å²) < 4.78 is 5.44. The van der Waals surface area contributed by atoms with Gasteiger partial charge in [-0.15, -0.1) is 12.4 Å². The second-order valence-electron chi connectivity index (χ2n) is 6.50. The molecular formula is C20H22Cl2N6O. The van der Waals surface area contributed by atoms with Crippen LogP contribution in [0.15, 0.2) is 48.5 Å². The third kappa shape index (κ3) is 5.69. The van der Waals surface area contributed by atoms with Gasteiger partial charge in [-0.2, -0.15) is 15.0 Å². The largest absolute Gasteiger partial charge is 0.378 e. The molecule has 1 aliphatic heterocycles. The smallest absolute Gasteiger partial charge is 0.233 e. The molecule has 152 valence electrons. The summed E-state index contributed by atoms with van der Waals surface area (Å²) in [4.78, 5) is 15.8. The molecule has 0 unspecified atom stereocenters. The summed E-state index contributed by atoms with van der Waals surface area (Å²) in [6.45, 7) is 4.86. The Labute approximate surface area is 180 Å². The number of nitrogens with zero attached hydrogens (tertiary/aromatic N) is 4. The van der Waals surface area contributed by atoms with Gasteiger partial charge in [-0.3, -0.25) is 0 Å². The molecule has 1 fully saturated rings. The highest BCUT2D eigenvalue weighted by Gasteiger charge is 2.17. The zero-order chi connectivity index (χ0) is 19.3. The van der Waals surface area contributed by atoms with Gasteiger partial charge in [0.25, 0.3) is 0 Å². The maximum Gasteiger partial charge on any atom is 0.233 e. The van der Waals surface area contributed by atoms with Crippen molar-refractivity contribution >= 4 is 53.2 Å². The Bertz CT molecular complexity index is 865. The number of hydrogen-bond acceptors (Lipinski definition) is 7. The number of rotatable bonds is 5. The van der Waals surface area contributed by atoms with Gasteiger partial charge in [0, 0.05) is 29.5 Å². The van der Waals surface area contributed by atoms with Crippen molar-refractivity contribution in [3.8, 4) is 0 Å². The molecule has 1 saturated heterocycles. The fourth-order valence-corrected chi connectivity index (χ4v) is 2.94. The van der Waals surface area contributed by atoms with E-state index in [9.17, 15) is 0 Å². The maximum absolute atomic E-state index is 5.97. The van der Waals surface area contributed by atoms with Gasteiger partial charge in [0.05, 0.1) is 13.2 Å². The predicted molar refractivity (Wildman–Crippen MR) is 119 cm³/mol. The van der Waals surface area contributed by atoms with Crippen molar-refractivity contribution in [2.75, 3.05) is 41.8 Å². The second kappa shape index (κ2) is 9.73. The van der Waals surface area contributed by atoms with Crippen molar-refractivity contribution < 1.29 is 4.74 Å². The number of morpholine rings is 1. The molecule has 0 radical (unpaired) electrons. The van der Waals surface area contributed by atoms with Gasteiger partial charge in [-0.05, 0) is 43.3 Å². The summed E-state index contributed by atoms with van der Waals surface area (Å²) in [7, 11) is 0. The summed E-state index contributed by atoms with van der Waals surface area (Å²) in [5.41, 5.74) is 2.97. The van der Waals surface area contributed by atoms with E-state index in [1.165, 1.54) is 5.56 Å². The Morgan fingerprint density at radius 3 is 1.90 bits per heavy atom. The molecule has 0 spiro atoms. The predicted octanol–water partition coefficient (Wildman–Crippen LogP) is 4.58. The van der Waals surface area contributed by atoms with Crippen LogP contribution < -0.4 is 15.5 Å². The van der Waals surface area contributed by atoms with Gasteiger partial charge in [0.15, 0.2) is 0 Å². The van der Waals surface area contributed by atoms with Gasteiger partial charge in [-0.25, -0.2) is 0 Å². The number of aryl methyl sites for hydroxylation is 1. The van der Waals surface area contributed by atoms with Crippen LogP contribution in [0.25, 0.3) is 0 Å². The highest BCUT2D eigenvalue weighted by Crippen LogP contribution is 2.22. The molecule has 2 N–H and O–H groups in total. The Balaban J connectivity index is 0.00000240. The Kier molecular flexibility index (Phi) is 7.09. The Morgan fingerprint density at radius 2 is 1.34 bits per heavy atom. The minimum atomic E-state index is 0. The highest BCUT2D eigenvalue weighted by atomic mass is 35.5. The van der Waals surface area contributed by atoms with Gasteiger partial charge < -0.3 is 20.3 Å². The van der Waals surface area contributed by atoms with E-state index in [4.69, 9.17) is 16.3 Å². The third-order valence-corrected chi connectivity index (χ3v) is 4.58. The van der Waals surface area contributed by atoms with Crippen molar-refractivity contribution in [2.45, 2.75) is 6.92 Å². The number of ether oxygens (including phenoxy) is 1. The van der Waals surface area contributed by atoms with Gasteiger partial charge in [-0.1, -0.05) is 29.3 Å². The fraction of sp³-hybridized carbons (Fsp3) is 0.250. The minimum absolute atomic E-state index is 0. The SMILES string of the molecule is Cc1ccc(Nc2nc(Nc3ccc(Cl)cc3)nc(N3CCOCC3)n2)cc1.Cl. The van der Waals surface area contributed by atoms with Crippen LogP contribution in [-0.4, -0.2) is 41.3 Å². The van der Waals surface area contributed by atoms with Crippen LogP contribution in [0.2, 0.25) is 5.02 Å². The van der Waals surface area contributed by atoms with Crippen LogP contribution in [0, 0.1) is 6.92 Å². The summed E-state index contributed by atoms with van der Waals surface area (Å²) in [6.07, 6.45) is 0. The van der Waals surface area contributed by atoms with Crippen LogP contribution in [0.5, 0.6) is 0 Å². The summed E-state index contributed by atoms with van der Waals surface area (Å²) >= 11 is 5.97. The van der Waals surface area contributed by atoms with Crippen LogP contribution in [0.1, 0.15) is 5.56 Å². The van der Waals surface area contributed by atoms with E-state index in [-0.39, 0.29) is 12.4 Å². The quantitative estimate of drug-likeness (QED) is 0.610. The normalized spacial score (nSPS) is 13.5. The van der Waals surface area contributed by atoms with E-state index in [1.54, 1.807) is 0 Å². The maximum atomic E-state index is 5.97. The third-order valence-electron chi connectivity index (χ3n) is 4.33. The molecule has 29 heavy (non-hydrogen) atoms. The zero-order valence-electron chi connectivity index (χ0n) is 15.9. The summed E-state index contributed by atoms with van der Waals surface area (Å²) in [5.74, 6) is 1.56. The molecular weight excluding hydrogens is 411 g/mol. The monoisotopic (exact) mass is 432 g/mol. The molecule has 2 heterocycles. The zero-order valence-corrected chi connectivity index (χ0v) is 17.5. The minimum Gasteiger partial charge on any atom is -0.378 e. The number of nitrogens with one attached hydrogen (secondary N) is 2. The average molecular weight is 433 g/mol. The van der Waals surface area contributed by atoms with Crippen molar-refractivity contribution in [1.29, 1.82) is 0 Å². The van der Waals surface area contributed by atoms with Gasteiger partial charge >= 0.3 is 0 Å². The number of benzene rings is 2. The van der Waals surface area contributed by atoms with Crippen LogP contribution in [-0.2, 0) is 4.74 Å². The molecule has 1 aromatic heterocycles. The number of halogens is 2. The van der Waals surface area contributed by atoms with E-state index in [1.807, 2.05) is 48.5 Å². The highest BCUT2D eigenvalue weighted by molar-refractivity contribution is 6.30. The molecule has 7 nitrogen and oxygen atoms in total. The first-order chi connectivity index (χ1) is 13.7. The van der Waals surface area contributed by atoms with Crippen LogP contribution in [0.3, 0.4) is 0 Å². The van der Waals surface area contributed by atoms with Crippen LogP contribution >= 0.6 is 24.0 Å². The Morgan fingerprint density at radius 1 is 0.828 bits per heavy atom. The van der Waals surface area contributed by atoms with Gasteiger partial charge in [0.1, 0.15) is 0 Å². The summed E-state index contributed by atoms with van der Waals surface area (Å²) in [5, 5.41) is 7.17. The molecule has 0 amide bonds. The Hall–Kier alpha value is -2.61. The van der Waals surface area contributed by atoms with Crippen molar-refractivity contribution in [3.05, 3.63) is 59.1 Å². The van der Waals surface area contributed by atoms with E-state index < -0.39 is 0 Å². The molecule has 0 bridgehead atoms. The topological polar surface area (TPSA) is 75.2 Å². The van der Waals surface area contributed by atoms with Crippen molar-refractivity contribution in [3.63, 3.8) is 0 Å². The average Bonchev–Trinajstić information content (AvgIpc) is 2.72. The summed E-state index contributed by atoms with van der Waals surface area (Å²) in [6, 6.07) is 15.5. The lowest BCUT2D eigenvalue weighted by Gasteiger charge is -2.27. The lowest BCUT2D eigenvalue weighted by atomic mass is 10.2. The first-order valence-electron chi connectivity index (χ1n) is 9.11. The second-order valence-corrected chi connectivity index (χ2v) is 6.94. The standard InChI is InChI=1S/C20H21ClN6O.ClH/c1-14-2-6-16(7-3-14)22-18-24-19(23-17-8-4-15(21)5-9-17)26-20(25-18)27-10-12-28-13-11-27;/h2-9H,10-13H2,1H3,(H2,22,23,24,25,26);1H. The number of hydrogen-bond donors (Lipinski definition) is 2. The van der Waals surface area contributed by atoms with E-state index in [0.29, 0.717) is 36.1 Å². The first kappa shape index (κ1) is 21.1. The van der Waals surface area contributed by atoms with Crippen molar-refractivity contribution in [1.82, 2.24) is 15.0 Å². The number of aromatic nitrogens is 3. The molecule has 9 heteroatoms. The van der Waals surface area contributed by atoms with E-state index in [2.05, 4.69) is 37.4 Å². The van der Waals surface area contributed by atoms with Gasteiger partial charge in [0.2, 0.25) is 17.8 Å². The molecule has 3 aromatic rings. The lowest BCUT2D eigenvalue weighted by molar-refractivity contribution is 0.122. The lowest BCUT2D eigenvalue weighted by Crippen LogP contribution is -2.37. The van der Waals surface area contributed by atoms with Crippen molar-refractivity contribution in [2.24, 2.45) is 0 Å². The molecule has 4 rings (SSSR count). The molecule has 0 aliphatic carbocycles. The molecule has 2 aromatic carbocycles. The molecule has 1 aliphatic rings. The molecule has 0 saturated carbocycles. The fourth-order valence-electron chi connectivity index (χ4n) is 2.81. The first-order valence-corrected chi connectivity index (χ1v) is 9.48. The van der Waals surface area contributed by atoms with Crippen LogP contribution in [0.4, 0.5) is 29.2 Å². The van der Waals surface area contributed by atoms with E-state index in [0.717, 1.165) is 24.5 Å². The number of anilines is 5. The molecule has 0 atom stereocenters.